The molecule has 1 aliphatic heterocycles. The Bertz CT molecular complexity index is 1180. The van der Waals surface area contributed by atoms with Crippen LogP contribution >= 0.6 is 34.5 Å². The summed E-state index contributed by atoms with van der Waals surface area (Å²) >= 11 is 13.0. The number of amides is 2. The number of thiophene rings is 1. The molecule has 2 N–H and O–H groups in total. The van der Waals surface area contributed by atoms with Gasteiger partial charge >= 0.3 is 6.18 Å². The van der Waals surface area contributed by atoms with Crippen molar-refractivity contribution in [2.24, 2.45) is 5.16 Å². The van der Waals surface area contributed by atoms with Gasteiger partial charge in [0.05, 0.1) is 22.7 Å². The van der Waals surface area contributed by atoms with Crippen LogP contribution < -0.4 is 10.6 Å². The van der Waals surface area contributed by atoms with Gasteiger partial charge in [0.15, 0.2) is 0 Å². The van der Waals surface area contributed by atoms with Gasteiger partial charge in [-0.15, -0.1) is 11.3 Å². The zero-order chi connectivity index (χ0) is 25.4. The molecule has 12 heteroatoms. The molecule has 1 unspecified atom stereocenters. The highest BCUT2D eigenvalue weighted by Crippen LogP contribution is 2.51. The van der Waals surface area contributed by atoms with Crippen molar-refractivity contribution in [2.75, 3.05) is 13.1 Å². The number of fused-ring (bicyclic) bond motifs is 1. The molecule has 1 aromatic carbocycles. The predicted molar refractivity (Wildman–Crippen MR) is 128 cm³/mol. The summed E-state index contributed by atoms with van der Waals surface area (Å²) in [4.78, 5) is 30.7. The summed E-state index contributed by atoms with van der Waals surface area (Å²) in [6, 6.07) is 3.67. The van der Waals surface area contributed by atoms with Crippen LogP contribution in [-0.4, -0.2) is 36.8 Å². The van der Waals surface area contributed by atoms with Crippen LogP contribution in [0.4, 0.5) is 13.2 Å². The van der Waals surface area contributed by atoms with Gasteiger partial charge in [-0.05, 0) is 55.0 Å². The van der Waals surface area contributed by atoms with Gasteiger partial charge in [0.25, 0.3) is 11.5 Å². The lowest BCUT2D eigenvalue weighted by Gasteiger charge is -2.29. The Morgan fingerprint density at radius 2 is 1.83 bits per heavy atom. The van der Waals surface area contributed by atoms with Crippen molar-refractivity contribution < 1.29 is 27.6 Å². The van der Waals surface area contributed by atoms with E-state index in [-0.39, 0.29) is 33.8 Å². The second-order valence-corrected chi connectivity index (χ2v) is 10.3. The molecule has 6 nitrogen and oxygen atoms in total. The van der Waals surface area contributed by atoms with Crippen molar-refractivity contribution in [3.05, 3.63) is 54.7 Å². The normalized spacial score (nSPS) is 19.2. The summed E-state index contributed by atoms with van der Waals surface area (Å²) in [5.74, 6) is -0.744. The summed E-state index contributed by atoms with van der Waals surface area (Å²) in [5, 5.41) is 9.22. The van der Waals surface area contributed by atoms with Gasteiger partial charge in [-0.1, -0.05) is 35.3 Å². The van der Waals surface area contributed by atoms with Gasteiger partial charge in [-0.2, -0.15) is 13.2 Å². The van der Waals surface area contributed by atoms with Crippen molar-refractivity contribution >= 4 is 52.1 Å². The van der Waals surface area contributed by atoms with E-state index in [4.69, 9.17) is 28.0 Å². The summed E-state index contributed by atoms with van der Waals surface area (Å²) in [5.41, 5.74) is -1.28. The second kappa shape index (κ2) is 9.99. The van der Waals surface area contributed by atoms with Crippen molar-refractivity contribution in [3.63, 3.8) is 0 Å². The van der Waals surface area contributed by atoms with E-state index in [2.05, 4.69) is 15.8 Å². The van der Waals surface area contributed by atoms with Crippen LogP contribution in [0.15, 0.2) is 23.4 Å². The fraction of sp³-hybridized carbons (Fsp3) is 0.435. The van der Waals surface area contributed by atoms with Gasteiger partial charge < -0.3 is 15.5 Å². The Hall–Kier alpha value is -2.30. The SMILES string of the molecule is CCCNC(=O)CNC(=O)c1sc(C2=NOC(c3cc(Cl)cc(Cl)c3)(C(F)(F)F)C2)c2c1CCC2. The number of rotatable bonds is 7. The quantitative estimate of drug-likeness (QED) is 0.488. The van der Waals surface area contributed by atoms with Crippen molar-refractivity contribution in [1.29, 1.82) is 0 Å². The Morgan fingerprint density at radius 3 is 2.49 bits per heavy atom. The smallest absolute Gasteiger partial charge is 0.374 e. The molecule has 0 saturated heterocycles. The van der Waals surface area contributed by atoms with Gasteiger partial charge in [0, 0.05) is 22.2 Å². The summed E-state index contributed by atoms with van der Waals surface area (Å²) < 4.78 is 43.0. The topological polar surface area (TPSA) is 79.8 Å². The Labute approximate surface area is 213 Å². The molecular formula is C23H22Cl2F3N3O3S. The number of carbonyl (C=O) groups excluding carboxylic acids is 2. The Kier molecular flexibility index (Phi) is 7.36. The van der Waals surface area contributed by atoms with Crippen molar-refractivity contribution in [1.82, 2.24) is 10.6 Å². The third-order valence-electron chi connectivity index (χ3n) is 5.93. The highest BCUT2D eigenvalue weighted by atomic mass is 35.5. The number of oxime groups is 1. The van der Waals surface area contributed by atoms with Gasteiger partial charge in [0.2, 0.25) is 5.91 Å². The number of hydrogen-bond acceptors (Lipinski definition) is 5. The lowest BCUT2D eigenvalue weighted by atomic mass is 9.87. The molecule has 0 bridgehead atoms. The number of carbonyl (C=O) groups is 2. The zero-order valence-electron chi connectivity index (χ0n) is 18.7. The molecule has 1 aliphatic carbocycles. The summed E-state index contributed by atoms with van der Waals surface area (Å²) in [7, 11) is 0. The molecule has 2 aliphatic rings. The third kappa shape index (κ3) is 5.01. The third-order valence-corrected chi connectivity index (χ3v) is 7.69. The number of hydrogen-bond donors (Lipinski definition) is 2. The molecule has 1 aromatic heterocycles. The average Bonchev–Trinajstić information content (AvgIpc) is 3.50. The monoisotopic (exact) mass is 547 g/mol. The van der Waals surface area contributed by atoms with Crippen molar-refractivity contribution in [2.45, 2.75) is 50.8 Å². The molecule has 0 radical (unpaired) electrons. The van der Waals surface area contributed by atoms with Gasteiger partial charge in [-0.3, -0.25) is 9.59 Å². The fourth-order valence-corrected chi connectivity index (χ4v) is 6.09. The first-order valence-corrected chi connectivity index (χ1v) is 12.6. The van der Waals surface area contributed by atoms with E-state index >= 15 is 0 Å². The Balaban J connectivity index is 1.62. The molecule has 0 fully saturated rings. The van der Waals surface area contributed by atoms with E-state index in [0.29, 0.717) is 29.1 Å². The number of nitrogens with zero attached hydrogens (tertiary/aromatic N) is 1. The molecule has 2 amide bonds. The van der Waals surface area contributed by atoms with E-state index in [1.54, 1.807) is 0 Å². The van der Waals surface area contributed by atoms with E-state index in [9.17, 15) is 22.8 Å². The van der Waals surface area contributed by atoms with Crippen LogP contribution in [0.1, 0.15) is 57.4 Å². The number of halogens is 5. The highest BCUT2D eigenvalue weighted by molar-refractivity contribution is 7.16. The maximum atomic E-state index is 14.3. The molecule has 2 heterocycles. The first kappa shape index (κ1) is 25.8. The largest absolute Gasteiger partial charge is 0.435 e. The molecule has 0 spiro atoms. The second-order valence-electron chi connectivity index (χ2n) is 8.39. The van der Waals surface area contributed by atoms with Crippen molar-refractivity contribution in [3.8, 4) is 0 Å². The van der Waals surface area contributed by atoms with Crippen LogP contribution in [0.2, 0.25) is 10.0 Å². The van der Waals surface area contributed by atoms with E-state index in [1.807, 2.05) is 6.92 Å². The van der Waals surface area contributed by atoms with E-state index < -0.39 is 24.1 Å². The maximum Gasteiger partial charge on any atom is 0.435 e. The van der Waals surface area contributed by atoms with E-state index in [0.717, 1.165) is 35.3 Å². The minimum atomic E-state index is -4.81. The maximum absolute atomic E-state index is 14.3. The average molecular weight is 548 g/mol. The van der Waals surface area contributed by atoms with Crippen LogP contribution in [-0.2, 0) is 28.1 Å². The van der Waals surface area contributed by atoms with Crippen LogP contribution in [0, 0.1) is 0 Å². The minimum absolute atomic E-state index is 0.0483. The summed E-state index contributed by atoms with van der Waals surface area (Å²) in [6.45, 7) is 2.24. The number of benzene rings is 1. The molecule has 2 aromatic rings. The number of alkyl halides is 3. The predicted octanol–water partition coefficient (Wildman–Crippen LogP) is 5.38. The fourth-order valence-electron chi connectivity index (χ4n) is 4.27. The number of nitrogens with one attached hydrogen (secondary N) is 2. The molecular weight excluding hydrogens is 526 g/mol. The van der Waals surface area contributed by atoms with Crippen LogP contribution in [0.3, 0.4) is 0 Å². The van der Waals surface area contributed by atoms with Gasteiger partial charge in [-0.25, -0.2) is 0 Å². The lowest BCUT2D eigenvalue weighted by Crippen LogP contribution is -2.42. The van der Waals surface area contributed by atoms with Gasteiger partial charge in [0.1, 0.15) is 5.71 Å². The zero-order valence-corrected chi connectivity index (χ0v) is 21.0. The van der Waals surface area contributed by atoms with E-state index in [1.165, 1.54) is 18.2 Å². The highest BCUT2D eigenvalue weighted by Gasteiger charge is 2.62. The Morgan fingerprint density at radius 1 is 1.14 bits per heavy atom. The molecule has 35 heavy (non-hydrogen) atoms. The standard InChI is InChI=1S/C23H22Cl2F3N3O3S/c1-2-6-29-18(32)11-30-21(33)20-16-5-3-4-15(16)19(35-20)17-10-22(34-31-17,23(26,27)28)12-7-13(24)9-14(25)8-12/h7-9H,2-6,10-11H2,1H3,(H,29,32)(H,30,33). The molecule has 1 atom stereocenters. The minimum Gasteiger partial charge on any atom is -0.374 e. The lowest BCUT2D eigenvalue weighted by molar-refractivity contribution is -0.275. The molecule has 4 rings (SSSR count). The summed E-state index contributed by atoms with van der Waals surface area (Å²) in [6.07, 6.45) is -2.61. The first-order valence-electron chi connectivity index (χ1n) is 11.0. The molecule has 188 valence electrons. The van der Waals surface area contributed by atoms with Crippen LogP contribution in [0.5, 0.6) is 0 Å². The first-order chi connectivity index (χ1) is 16.6. The molecule has 0 saturated carbocycles. The van der Waals surface area contributed by atoms with Crippen LogP contribution in [0.25, 0.3) is 0 Å².